The molecule has 116 valence electrons. The van der Waals surface area contributed by atoms with Crippen molar-refractivity contribution in [1.29, 1.82) is 0 Å². The van der Waals surface area contributed by atoms with E-state index < -0.39 is 10.0 Å². The molecule has 1 fully saturated rings. The topological polar surface area (TPSA) is 66.5 Å². The lowest BCUT2D eigenvalue weighted by atomic mass is 10.1. The standard InChI is InChI=1S/C15H22N2O3S/c1-12(2)7-8-16-15(18)13-5-3-6-14(11-13)17-9-4-10-21(17,19)20/h3,5-6,11-12H,4,7-10H2,1-2H3,(H,16,18). The Morgan fingerprint density at radius 2 is 2.14 bits per heavy atom. The third kappa shape index (κ3) is 3.97. The van der Waals surface area contributed by atoms with E-state index in [1.54, 1.807) is 24.3 Å². The van der Waals surface area contributed by atoms with Gasteiger partial charge in [-0.1, -0.05) is 19.9 Å². The minimum atomic E-state index is -3.21. The van der Waals surface area contributed by atoms with Crippen LogP contribution < -0.4 is 9.62 Å². The molecule has 1 aliphatic rings. The van der Waals surface area contributed by atoms with Gasteiger partial charge in [0.25, 0.3) is 5.91 Å². The Morgan fingerprint density at radius 3 is 2.76 bits per heavy atom. The third-order valence-corrected chi connectivity index (χ3v) is 5.37. The van der Waals surface area contributed by atoms with E-state index in [0.29, 0.717) is 36.7 Å². The van der Waals surface area contributed by atoms with Gasteiger partial charge in [0.15, 0.2) is 0 Å². The number of hydrogen-bond acceptors (Lipinski definition) is 3. The summed E-state index contributed by atoms with van der Waals surface area (Å²) in [5.41, 5.74) is 1.07. The van der Waals surface area contributed by atoms with Crippen LogP contribution in [0.15, 0.2) is 24.3 Å². The highest BCUT2D eigenvalue weighted by Crippen LogP contribution is 2.24. The lowest BCUT2D eigenvalue weighted by molar-refractivity contribution is 0.0952. The molecule has 0 spiro atoms. The van der Waals surface area contributed by atoms with Gasteiger partial charge in [-0.15, -0.1) is 0 Å². The van der Waals surface area contributed by atoms with E-state index in [9.17, 15) is 13.2 Å². The van der Waals surface area contributed by atoms with Crippen LogP contribution in [0.2, 0.25) is 0 Å². The summed E-state index contributed by atoms with van der Waals surface area (Å²) >= 11 is 0. The minimum absolute atomic E-state index is 0.158. The Hall–Kier alpha value is -1.56. The predicted molar refractivity (Wildman–Crippen MR) is 84.0 cm³/mol. The lowest BCUT2D eigenvalue weighted by Gasteiger charge is -2.17. The molecule has 1 saturated heterocycles. The maximum Gasteiger partial charge on any atom is 0.251 e. The second kappa shape index (κ2) is 6.47. The van der Waals surface area contributed by atoms with Gasteiger partial charge in [-0.3, -0.25) is 9.10 Å². The van der Waals surface area contributed by atoms with Crippen LogP contribution in [-0.2, 0) is 10.0 Å². The van der Waals surface area contributed by atoms with Crippen molar-refractivity contribution in [2.24, 2.45) is 5.92 Å². The van der Waals surface area contributed by atoms with E-state index in [0.717, 1.165) is 6.42 Å². The highest BCUT2D eigenvalue weighted by molar-refractivity contribution is 7.93. The van der Waals surface area contributed by atoms with Crippen molar-refractivity contribution in [3.8, 4) is 0 Å². The Kier molecular flexibility index (Phi) is 4.88. The van der Waals surface area contributed by atoms with Gasteiger partial charge in [0.05, 0.1) is 11.4 Å². The fourth-order valence-electron chi connectivity index (χ4n) is 2.31. The van der Waals surface area contributed by atoms with Gasteiger partial charge in [-0.05, 0) is 37.0 Å². The summed E-state index contributed by atoms with van der Waals surface area (Å²) in [6.07, 6.45) is 1.55. The second-order valence-electron chi connectivity index (χ2n) is 5.73. The van der Waals surface area contributed by atoms with Crippen LogP contribution in [0.3, 0.4) is 0 Å². The molecular formula is C15H22N2O3S. The third-order valence-electron chi connectivity index (χ3n) is 3.50. The highest BCUT2D eigenvalue weighted by Gasteiger charge is 2.28. The quantitative estimate of drug-likeness (QED) is 0.904. The number of benzene rings is 1. The zero-order chi connectivity index (χ0) is 15.5. The molecule has 2 rings (SSSR count). The van der Waals surface area contributed by atoms with Crippen molar-refractivity contribution in [3.63, 3.8) is 0 Å². The van der Waals surface area contributed by atoms with Gasteiger partial charge in [0.1, 0.15) is 0 Å². The Labute approximate surface area is 126 Å². The summed E-state index contributed by atoms with van der Waals surface area (Å²) in [5, 5.41) is 2.86. The van der Waals surface area contributed by atoms with E-state index in [1.807, 2.05) is 0 Å². The molecule has 1 amide bonds. The van der Waals surface area contributed by atoms with E-state index in [-0.39, 0.29) is 11.7 Å². The maximum atomic E-state index is 12.1. The zero-order valence-electron chi connectivity index (χ0n) is 12.5. The number of rotatable bonds is 5. The molecule has 1 aliphatic heterocycles. The molecule has 1 aromatic carbocycles. The van der Waals surface area contributed by atoms with Crippen molar-refractivity contribution < 1.29 is 13.2 Å². The first-order valence-corrected chi connectivity index (χ1v) is 8.90. The van der Waals surface area contributed by atoms with Gasteiger partial charge in [0.2, 0.25) is 10.0 Å². The summed E-state index contributed by atoms with van der Waals surface area (Å²) in [6.45, 7) is 5.32. The zero-order valence-corrected chi connectivity index (χ0v) is 13.3. The van der Waals surface area contributed by atoms with Crippen LogP contribution in [0.1, 0.15) is 37.0 Å². The Bertz CT molecular complexity index is 611. The van der Waals surface area contributed by atoms with Crippen LogP contribution in [0.25, 0.3) is 0 Å². The summed E-state index contributed by atoms with van der Waals surface area (Å²) < 4.78 is 25.2. The van der Waals surface area contributed by atoms with Crippen molar-refractivity contribution in [1.82, 2.24) is 5.32 Å². The number of carbonyl (C=O) groups is 1. The van der Waals surface area contributed by atoms with Crippen LogP contribution in [0.4, 0.5) is 5.69 Å². The summed E-state index contributed by atoms with van der Waals surface area (Å²) in [6, 6.07) is 6.80. The van der Waals surface area contributed by atoms with Crippen molar-refractivity contribution >= 4 is 21.6 Å². The van der Waals surface area contributed by atoms with Gasteiger partial charge < -0.3 is 5.32 Å². The fraction of sp³-hybridized carbons (Fsp3) is 0.533. The Morgan fingerprint density at radius 1 is 1.38 bits per heavy atom. The summed E-state index contributed by atoms with van der Waals surface area (Å²) in [5.74, 6) is 0.554. The van der Waals surface area contributed by atoms with E-state index in [4.69, 9.17) is 0 Å². The van der Waals surface area contributed by atoms with Crippen LogP contribution in [-0.4, -0.2) is 33.2 Å². The molecule has 1 heterocycles. The monoisotopic (exact) mass is 310 g/mol. The maximum absolute atomic E-state index is 12.1. The molecule has 0 radical (unpaired) electrons. The highest BCUT2D eigenvalue weighted by atomic mass is 32.2. The number of sulfonamides is 1. The minimum Gasteiger partial charge on any atom is -0.352 e. The number of amides is 1. The smallest absolute Gasteiger partial charge is 0.251 e. The molecule has 1 N–H and O–H groups in total. The van der Waals surface area contributed by atoms with Gasteiger partial charge in [0, 0.05) is 18.7 Å². The van der Waals surface area contributed by atoms with Gasteiger partial charge in [-0.2, -0.15) is 0 Å². The van der Waals surface area contributed by atoms with Gasteiger partial charge in [-0.25, -0.2) is 8.42 Å². The molecule has 0 bridgehead atoms. The first kappa shape index (κ1) is 15.8. The largest absolute Gasteiger partial charge is 0.352 e. The van der Waals surface area contributed by atoms with Crippen LogP contribution >= 0.6 is 0 Å². The number of hydrogen-bond donors (Lipinski definition) is 1. The van der Waals surface area contributed by atoms with Crippen molar-refractivity contribution in [2.45, 2.75) is 26.7 Å². The molecule has 0 aliphatic carbocycles. The summed E-state index contributed by atoms with van der Waals surface area (Å²) in [4.78, 5) is 12.1. The predicted octanol–water partition coefficient (Wildman–Crippen LogP) is 2.00. The number of anilines is 1. The molecule has 21 heavy (non-hydrogen) atoms. The molecule has 6 heteroatoms. The first-order valence-electron chi connectivity index (χ1n) is 7.29. The van der Waals surface area contributed by atoms with E-state index in [1.165, 1.54) is 4.31 Å². The SMILES string of the molecule is CC(C)CCNC(=O)c1cccc(N2CCCS2(=O)=O)c1. The summed E-state index contributed by atoms with van der Waals surface area (Å²) in [7, 11) is -3.21. The Balaban J connectivity index is 2.09. The van der Waals surface area contributed by atoms with Gasteiger partial charge >= 0.3 is 0 Å². The second-order valence-corrected chi connectivity index (χ2v) is 7.74. The molecule has 1 aromatic rings. The van der Waals surface area contributed by atoms with Crippen molar-refractivity contribution in [2.75, 3.05) is 23.1 Å². The average molecular weight is 310 g/mol. The molecular weight excluding hydrogens is 288 g/mol. The molecule has 0 atom stereocenters. The first-order chi connectivity index (χ1) is 9.90. The van der Waals surface area contributed by atoms with E-state index >= 15 is 0 Å². The average Bonchev–Trinajstić information content (AvgIpc) is 2.78. The molecule has 0 saturated carbocycles. The number of nitrogens with zero attached hydrogens (tertiary/aromatic N) is 1. The van der Waals surface area contributed by atoms with Crippen LogP contribution in [0, 0.1) is 5.92 Å². The van der Waals surface area contributed by atoms with E-state index in [2.05, 4.69) is 19.2 Å². The van der Waals surface area contributed by atoms with Crippen LogP contribution in [0.5, 0.6) is 0 Å². The molecule has 0 aromatic heterocycles. The number of nitrogens with one attached hydrogen (secondary N) is 1. The molecule has 5 nitrogen and oxygen atoms in total. The lowest BCUT2D eigenvalue weighted by Crippen LogP contribution is -2.27. The normalized spacial score (nSPS) is 17.2. The number of carbonyl (C=O) groups excluding carboxylic acids is 1. The van der Waals surface area contributed by atoms with Crippen molar-refractivity contribution in [3.05, 3.63) is 29.8 Å². The fourth-order valence-corrected chi connectivity index (χ4v) is 3.86. The molecule has 0 unspecified atom stereocenters.